The minimum atomic E-state index is -0.657. The van der Waals surface area contributed by atoms with Crippen LogP contribution in [0.5, 0.6) is 11.5 Å². The third-order valence-corrected chi connectivity index (χ3v) is 8.72. The lowest BCUT2D eigenvalue weighted by Crippen LogP contribution is -2.09. The van der Waals surface area contributed by atoms with Gasteiger partial charge in [0.05, 0.1) is 18.3 Å². The number of nitriles is 4. The van der Waals surface area contributed by atoms with Crippen molar-refractivity contribution in [3.8, 4) is 35.8 Å². The van der Waals surface area contributed by atoms with Crippen LogP contribution in [0.25, 0.3) is 0 Å². The molecular formula is C18H6N4O4S4. The van der Waals surface area contributed by atoms with E-state index in [2.05, 4.69) is 0 Å². The van der Waals surface area contributed by atoms with Crippen molar-refractivity contribution in [1.82, 2.24) is 0 Å². The fourth-order valence-electron chi connectivity index (χ4n) is 2.31. The van der Waals surface area contributed by atoms with E-state index in [1.807, 2.05) is 24.3 Å². The fraction of sp³-hybridized carbons (Fsp3) is 0.111. The van der Waals surface area contributed by atoms with Crippen molar-refractivity contribution in [1.29, 1.82) is 21.0 Å². The first-order valence-corrected chi connectivity index (χ1v) is 11.0. The van der Waals surface area contributed by atoms with Gasteiger partial charge in [0.1, 0.15) is 35.4 Å². The van der Waals surface area contributed by atoms with Gasteiger partial charge in [-0.3, -0.25) is 9.59 Å². The van der Waals surface area contributed by atoms with Crippen LogP contribution >= 0.6 is 47.0 Å². The van der Waals surface area contributed by atoms with Crippen LogP contribution in [0.4, 0.5) is 0 Å². The van der Waals surface area contributed by atoms with Crippen LogP contribution in [0, 0.1) is 45.3 Å². The molecule has 0 fully saturated rings. The van der Waals surface area contributed by atoms with E-state index < -0.39 is 11.9 Å². The predicted molar refractivity (Wildman–Crippen MR) is 109 cm³/mol. The largest absolute Gasteiger partial charge is 0.421 e. The summed E-state index contributed by atoms with van der Waals surface area (Å²) in [5, 5.41) is 36.9. The van der Waals surface area contributed by atoms with Gasteiger partial charge in [0.2, 0.25) is 0 Å². The molecule has 8 nitrogen and oxygen atoms in total. The Morgan fingerprint density at radius 3 is 1.20 bits per heavy atom. The summed E-state index contributed by atoms with van der Waals surface area (Å²) in [6.45, 7) is 2.38. The maximum Gasteiger partial charge on any atom is 0.308 e. The zero-order valence-corrected chi connectivity index (χ0v) is 18.3. The van der Waals surface area contributed by atoms with E-state index in [0.717, 1.165) is 47.0 Å². The standard InChI is InChI=1S/C18H6N4O4S4/c1-7(23)25-11-12(26-8(2)24)14-16(30-18(28-14)10(5-21)6-22)15-13(11)27-17(29-15)9(3-19)4-20/h1-2H3. The van der Waals surface area contributed by atoms with Crippen LogP contribution in [0.1, 0.15) is 13.8 Å². The third kappa shape index (κ3) is 3.87. The van der Waals surface area contributed by atoms with Crippen molar-refractivity contribution < 1.29 is 19.1 Å². The topological polar surface area (TPSA) is 148 Å². The number of carbonyl (C=O) groups excluding carboxylic acids is 2. The Morgan fingerprint density at radius 2 is 0.933 bits per heavy atom. The molecule has 2 heterocycles. The number of allylic oxidation sites excluding steroid dienone is 2. The molecule has 0 amide bonds. The first-order chi connectivity index (χ1) is 14.3. The van der Waals surface area contributed by atoms with Gasteiger partial charge in [-0.25, -0.2) is 0 Å². The van der Waals surface area contributed by atoms with Gasteiger partial charge in [0.15, 0.2) is 11.5 Å². The molecule has 0 N–H and O–H groups in total. The summed E-state index contributed by atoms with van der Waals surface area (Å²) in [7, 11) is 0. The monoisotopic (exact) mass is 470 g/mol. The second kappa shape index (κ2) is 8.79. The van der Waals surface area contributed by atoms with Crippen LogP contribution in [-0.2, 0) is 9.59 Å². The zero-order valence-electron chi connectivity index (χ0n) is 15.1. The molecule has 0 spiro atoms. The highest BCUT2D eigenvalue weighted by atomic mass is 32.2. The number of esters is 2. The number of nitrogens with zero attached hydrogens (tertiary/aromatic N) is 4. The lowest BCUT2D eigenvalue weighted by molar-refractivity contribution is -0.135. The van der Waals surface area contributed by atoms with Crippen LogP contribution in [0.2, 0.25) is 0 Å². The summed E-state index contributed by atoms with van der Waals surface area (Å²) in [4.78, 5) is 25.5. The van der Waals surface area contributed by atoms with Gasteiger partial charge in [0.25, 0.3) is 0 Å². The minimum Gasteiger partial charge on any atom is -0.421 e. The minimum absolute atomic E-state index is 0.0148. The molecule has 1 aromatic rings. The van der Waals surface area contributed by atoms with E-state index >= 15 is 0 Å². The number of hydrogen-bond donors (Lipinski definition) is 0. The highest BCUT2D eigenvalue weighted by Gasteiger charge is 2.39. The van der Waals surface area contributed by atoms with Crippen molar-refractivity contribution in [2.75, 3.05) is 0 Å². The number of carbonyl (C=O) groups is 2. The van der Waals surface area contributed by atoms with Crippen molar-refractivity contribution in [3.05, 3.63) is 19.6 Å². The van der Waals surface area contributed by atoms with E-state index in [-0.39, 0.29) is 22.6 Å². The van der Waals surface area contributed by atoms with Crippen molar-refractivity contribution in [3.63, 3.8) is 0 Å². The molecule has 0 saturated heterocycles. The van der Waals surface area contributed by atoms with Crippen molar-refractivity contribution in [2.24, 2.45) is 0 Å². The molecule has 0 unspecified atom stereocenters. The average molecular weight is 471 g/mol. The summed E-state index contributed by atoms with van der Waals surface area (Å²) >= 11 is 4.38. The maximum absolute atomic E-state index is 11.7. The predicted octanol–water partition coefficient (Wildman–Crippen LogP) is 4.45. The molecule has 30 heavy (non-hydrogen) atoms. The van der Waals surface area contributed by atoms with E-state index in [9.17, 15) is 30.6 Å². The summed E-state index contributed by atoms with van der Waals surface area (Å²) < 4.78 is 11.5. The van der Waals surface area contributed by atoms with E-state index in [4.69, 9.17) is 9.47 Å². The normalized spacial score (nSPS) is 13.1. The number of fused-ring (bicyclic) bond motifs is 3. The molecule has 2 aliphatic heterocycles. The quantitative estimate of drug-likeness (QED) is 0.341. The van der Waals surface area contributed by atoms with Gasteiger partial charge in [-0.2, -0.15) is 21.0 Å². The average Bonchev–Trinajstić information content (AvgIpc) is 3.31. The molecule has 0 aromatic heterocycles. The second-order valence-corrected chi connectivity index (χ2v) is 9.94. The van der Waals surface area contributed by atoms with Crippen LogP contribution in [0.3, 0.4) is 0 Å². The Morgan fingerprint density at radius 1 is 0.633 bits per heavy atom. The SMILES string of the molecule is CC(=O)Oc1c(OC(C)=O)c2c(c3c1SC(=C(C#N)C#N)S3)SC(=C(C#N)C#N)S2. The number of thioether (sulfide) groups is 4. The number of rotatable bonds is 2. The molecule has 3 rings (SSSR count). The Balaban J connectivity index is 2.34. The number of hydrogen-bond acceptors (Lipinski definition) is 12. The van der Waals surface area contributed by atoms with Crippen LogP contribution < -0.4 is 9.47 Å². The summed E-state index contributed by atoms with van der Waals surface area (Å²) in [5.74, 6) is -1.34. The number of benzene rings is 1. The first kappa shape index (κ1) is 21.7. The Labute approximate surface area is 187 Å². The molecule has 0 atom stereocenters. The molecule has 0 aliphatic carbocycles. The Kier molecular flexibility index (Phi) is 6.36. The second-order valence-electron chi connectivity index (χ2n) is 5.34. The smallest absolute Gasteiger partial charge is 0.308 e. The number of ether oxygens (including phenoxy) is 2. The lowest BCUT2D eigenvalue weighted by atomic mass is 10.3. The molecule has 0 radical (unpaired) electrons. The van der Waals surface area contributed by atoms with Crippen LogP contribution in [-0.4, -0.2) is 11.9 Å². The first-order valence-electron chi connectivity index (χ1n) is 7.75. The lowest BCUT2D eigenvalue weighted by Gasteiger charge is -2.15. The molecular weight excluding hydrogens is 464 g/mol. The van der Waals surface area contributed by atoms with E-state index in [1.165, 1.54) is 13.8 Å². The van der Waals surface area contributed by atoms with Gasteiger partial charge >= 0.3 is 11.9 Å². The highest BCUT2D eigenvalue weighted by Crippen LogP contribution is 2.68. The van der Waals surface area contributed by atoms with Crippen molar-refractivity contribution >= 4 is 59.0 Å². The molecule has 0 saturated carbocycles. The van der Waals surface area contributed by atoms with Crippen LogP contribution in [0.15, 0.2) is 39.2 Å². The summed E-state index contributed by atoms with van der Waals surface area (Å²) in [6, 6.07) is 7.30. The van der Waals surface area contributed by atoms with Crippen molar-refractivity contribution in [2.45, 2.75) is 33.4 Å². The van der Waals surface area contributed by atoms with E-state index in [0.29, 0.717) is 28.1 Å². The molecule has 0 bridgehead atoms. The van der Waals surface area contributed by atoms with Gasteiger partial charge in [-0.15, -0.1) is 0 Å². The highest BCUT2D eigenvalue weighted by molar-refractivity contribution is 8.26. The van der Waals surface area contributed by atoms with Gasteiger partial charge in [-0.1, -0.05) is 47.0 Å². The van der Waals surface area contributed by atoms with Gasteiger partial charge in [-0.05, 0) is 0 Å². The van der Waals surface area contributed by atoms with E-state index in [1.54, 1.807) is 0 Å². The Bertz CT molecular complexity index is 1130. The fourth-order valence-corrected chi connectivity index (χ4v) is 7.64. The summed E-state index contributed by atoms with van der Waals surface area (Å²) in [5.41, 5.74) is -0.224. The third-order valence-electron chi connectivity index (χ3n) is 3.36. The maximum atomic E-state index is 11.7. The summed E-state index contributed by atoms with van der Waals surface area (Å²) in [6.07, 6.45) is 0. The molecule has 12 heteroatoms. The molecule has 146 valence electrons. The molecule has 1 aromatic carbocycles. The molecule has 2 aliphatic rings. The zero-order chi connectivity index (χ0) is 22.0. The Hall–Kier alpha value is -3.00. The van der Waals surface area contributed by atoms with Gasteiger partial charge in [0, 0.05) is 23.6 Å². The van der Waals surface area contributed by atoms with Gasteiger partial charge < -0.3 is 9.47 Å².